The highest BCUT2D eigenvalue weighted by atomic mass is 16.4. The Bertz CT molecular complexity index is 499. The van der Waals surface area contributed by atoms with Crippen LogP contribution in [-0.4, -0.2) is 46.1 Å². The summed E-state index contributed by atoms with van der Waals surface area (Å²) < 4.78 is 0. The molecule has 19 heavy (non-hydrogen) atoms. The summed E-state index contributed by atoms with van der Waals surface area (Å²) in [7, 11) is 0. The Morgan fingerprint density at radius 3 is 2.84 bits per heavy atom. The summed E-state index contributed by atoms with van der Waals surface area (Å²) in [5.41, 5.74) is 0.839. The van der Waals surface area contributed by atoms with Gasteiger partial charge < -0.3 is 10.4 Å². The van der Waals surface area contributed by atoms with Crippen LogP contribution in [0.4, 0.5) is 5.82 Å². The van der Waals surface area contributed by atoms with E-state index >= 15 is 0 Å². The van der Waals surface area contributed by atoms with Gasteiger partial charge >= 0.3 is 5.97 Å². The second-order valence-corrected chi connectivity index (χ2v) is 5.49. The number of nitrogens with zero attached hydrogens (tertiary/aromatic N) is 2. The minimum Gasteiger partial charge on any atom is -0.478 e. The van der Waals surface area contributed by atoms with Crippen molar-refractivity contribution in [2.45, 2.75) is 38.3 Å². The first-order chi connectivity index (χ1) is 9.13. The standard InChI is InChI=1S/C14H19N3O2/c1-9-12(14(18)19)4-5-13(15-9)16-10-6-7-17(8-10)11-2-3-11/h4-5,10-11H,2-3,6-8H2,1H3,(H,15,16)(H,18,19). The second-order valence-electron chi connectivity index (χ2n) is 5.49. The molecule has 1 unspecified atom stereocenters. The molecule has 1 saturated carbocycles. The number of hydrogen-bond donors (Lipinski definition) is 2. The maximum absolute atomic E-state index is 10.9. The molecule has 1 atom stereocenters. The molecule has 0 amide bonds. The van der Waals surface area contributed by atoms with Crippen molar-refractivity contribution in [3.05, 3.63) is 23.4 Å². The summed E-state index contributed by atoms with van der Waals surface area (Å²) >= 11 is 0. The molecule has 0 radical (unpaired) electrons. The van der Waals surface area contributed by atoms with Gasteiger partial charge in [-0.3, -0.25) is 4.90 Å². The topological polar surface area (TPSA) is 65.5 Å². The minimum atomic E-state index is -0.919. The van der Waals surface area contributed by atoms with Gasteiger partial charge in [0.05, 0.1) is 11.3 Å². The van der Waals surface area contributed by atoms with Gasteiger partial charge in [-0.05, 0) is 38.3 Å². The van der Waals surface area contributed by atoms with Crippen LogP contribution < -0.4 is 5.32 Å². The summed E-state index contributed by atoms with van der Waals surface area (Å²) in [5.74, 6) is -0.137. The maximum Gasteiger partial charge on any atom is 0.337 e. The predicted molar refractivity (Wildman–Crippen MR) is 72.6 cm³/mol. The van der Waals surface area contributed by atoms with Crippen LogP contribution in [0.5, 0.6) is 0 Å². The van der Waals surface area contributed by atoms with Gasteiger partial charge in [0.25, 0.3) is 0 Å². The van der Waals surface area contributed by atoms with E-state index < -0.39 is 5.97 Å². The van der Waals surface area contributed by atoms with Crippen molar-refractivity contribution >= 4 is 11.8 Å². The fraction of sp³-hybridized carbons (Fsp3) is 0.571. The molecule has 1 saturated heterocycles. The van der Waals surface area contributed by atoms with Gasteiger partial charge in [0, 0.05) is 25.2 Å². The number of aryl methyl sites for hydroxylation is 1. The van der Waals surface area contributed by atoms with Crippen molar-refractivity contribution in [3.63, 3.8) is 0 Å². The number of hydrogen-bond acceptors (Lipinski definition) is 4. The first-order valence-electron chi connectivity index (χ1n) is 6.85. The fourth-order valence-electron chi connectivity index (χ4n) is 2.75. The lowest BCUT2D eigenvalue weighted by Gasteiger charge is -2.16. The predicted octanol–water partition coefficient (Wildman–Crippen LogP) is 1.74. The smallest absolute Gasteiger partial charge is 0.337 e. The van der Waals surface area contributed by atoms with Gasteiger partial charge in [0.15, 0.2) is 0 Å². The highest BCUT2D eigenvalue weighted by Gasteiger charge is 2.34. The van der Waals surface area contributed by atoms with Crippen LogP contribution in [0, 0.1) is 6.92 Å². The number of carboxylic acids is 1. The molecule has 0 aromatic carbocycles. The molecule has 1 aliphatic heterocycles. The number of rotatable bonds is 4. The zero-order valence-corrected chi connectivity index (χ0v) is 11.1. The maximum atomic E-state index is 10.9. The lowest BCUT2D eigenvalue weighted by Crippen LogP contribution is -2.28. The van der Waals surface area contributed by atoms with E-state index in [2.05, 4.69) is 15.2 Å². The number of nitrogens with one attached hydrogen (secondary N) is 1. The molecule has 2 aliphatic rings. The van der Waals surface area contributed by atoms with E-state index in [1.165, 1.54) is 12.8 Å². The van der Waals surface area contributed by atoms with E-state index in [9.17, 15) is 4.79 Å². The van der Waals surface area contributed by atoms with Gasteiger partial charge in [0.2, 0.25) is 0 Å². The van der Waals surface area contributed by atoms with Crippen LogP contribution in [0.15, 0.2) is 12.1 Å². The first kappa shape index (κ1) is 12.4. The third kappa shape index (κ3) is 2.71. The fourth-order valence-corrected chi connectivity index (χ4v) is 2.75. The highest BCUT2D eigenvalue weighted by Crippen LogP contribution is 2.30. The number of aromatic carboxylic acids is 1. The zero-order chi connectivity index (χ0) is 13.4. The Labute approximate surface area is 112 Å². The van der Waals surface area contributed by atoms with E-state index in [-0.39, 0.29) is 5.56 Å². The van der Waals surface area contributed by atoms with E-state index in [1.54, 1.807) is 19.1 Å². The Morgan fingerprint density at radius 1 is 1.42 bits per heavy atom. The molecule has 0 spiro atoms. The molecule has 2 N–H and O–H groups in total. The van der Waals surface area contributed by atoms with Crippen LogP contribution >= 0.6 is 0 Å². The molecule has 0 bridgehead atoms. The van der Waals surface area contributed by atoms with Crippen LogP contribution in [0.25, 0.3) is 0 Å². The number of carbonyl (C=O) groups is 1. The van der Waals surface area contributed by atoms with Crippen molar-refractivity contribution in [3.8, 4) is 0 Å². The van der Waals surface area contributed by atoms with Crippen LogP contribution in [0.1, 0.15) is 35.3 Å². The summed E-state index contributed by atoms with van der Waals surface area (Å²) in [6.07, 6.45) is 3.83. The molecular formula is C14H19N3O2. The molecular weight excluding hydrogens is 242 g/mol. The van der Waals surface area contributed by atoms with Gasteiger partial charge in [-0.25, -0.2) is 9.78 Å². The number of likely N-dealkylation sites (tertiary alicyclic amines) is 1. The summed E-state index contributed by atoms with van der Waals surface area (Å²) in [4.78, 5) is 17.8. The van der Waals surface area contributed by atoms with Gasteiger partial charge in [-0.2, -0.15) is 0 Å². The van der Waals surface area contributed by atoms with Crippen LogP contribution in [0.2, 0.25) is 0 Å². The molecule has 5 nitrogen and oxygen atoms in total. The largest absolute Gasteiger partial charge is 0.478 e. The lowest BCUT2D eigenvalue weighted by atomic mass is 10.2. The molecule has 5 heteroatoms. The quantitative estimate of drug-likeness (QED) is 0.864. The Morgan fingerprint density at radius 2 is 2.21 bits per heavy atom. The molecule has 1 aromatic rings. The molecule has 1 aromatic heterocycles. The molecule has 1 aliphatic carbocycles. The summed E-state index contributed by atoms with van der Waals surface area (Å²) in [6, 6.07) is 4.63. The normalized spacial score (nSPS) is 23.5. The highest BCUT2D eigenvalue weighted by molar-refractivity contribution is 5.89. The van der Waals surface area contributed by atoms with Gasteiger partial charge in [-0.1, -0.05) is 0 Å². The third-order valence-electron chi connectivity index (χ3n) is 3.95. The van der Waals surface area contributed by atoms with Crippen molar-refractivity contribution in [1.82, 2.24) is 9.88 Å². The Balaban J connectivity index is 1.63. The first-order valence-corrected chi connectivity index (χ1v) is 6.85. The number of anilines is 1. The molecule has 3 rings (SSSR count). The third-order valence-corrected chi connectivity index (χ3v) is 3.95. The molecule has 2 fully saturated rings. The SMILES string of the molecule is Cc1nc(NC2CCN(C3CC3)C2)ccc1C(=O)O. The number of aromatic nitrogens is 1. The van der Waals surface area contributed by atoms with Gasteiger partial charge in [0.1, 0.15) is 5.82 Å². The van der Waals surface area contributed by atoms with Crippen molar-refractivity contribution in [2.24, 2.45) is 0 Å². The van der Waals surface area contributed by atoms with E-state index in [0.29, 0.717) is 11.7 Å². The van der Waals surface area contributed by atoms with E-state index in [0.717, 1.165) is 31.4 Å². The minimum absolute atomic E-state index is 0.275. The Kier molecular flexibility index (Phi) is 3.14. The van der Waals surface area contributed by atoms with E-state index in [4.69, 9.17) is 5.11 Å². The van der Waals surface area contributed by atoms with Gasteiger partial charge in [-0.15, -0.1) is 0 Å². The van der Waals surface area contributed by atoms with Crippen molar-refractivity contribution < 1.29 is 9.90 Å². The number of pyridine rings is 1. The molecule has 2 heterocycles. The summed E-state index contributed by atoms with van der Waals surface area (Å²) in [6.45, 7) is 3.97. The zero-order valence-electron chi connectivity index (χ0n) is 11.1. The van der Waals surface area contributed by atoms with Crippen LogP contribution in [-0.2, 0) is 0 Å². The second kappa shape index (κ2) is 4.81. The average Bonchev–Trinajstić information content (AvgIpc) is 3.10. The van der Waals surface area contributed by atoms with Crippen molar-refractivity contribution in [1.29, 1.82) is 0 Å². The monoisotopic (exact) mass is 261 g/mol. The van der Waals surface area contributed by atoms with E-state index in [1.807, 2.05) is 0 Å². The van der Waals surface area contributed by atoms with Crippen LogP contribution in [0.3, 0.4) is 0 Å². The molecule has 102 valence electrons. The Hall–Kier alpha value is -1.62. The number of carboxylic acid groups (broad SMARTS) is 1. The summed E-state index contributed by atoms with van der Waals surface area (Å²) in [5, 5.41) is 12.4. The lowest BCUT2D eigenvalue weighted by molar-refractivity contribution is 0.0695. The van der Waals surface area contributed by atoms with Crippen molar-refractivity contribution in [2.75, 3.05) is 18.4 Å². The average molecular weight is 261 g/mol.